The molecule has 2 aromatic carbocycles. The summed E-state index contributed by atoms with van der Waals surface area (Å²) >= 11 is 7.50. The molecule has 1 N–H and O–H groups in total. The third-order valence-electron chi connectivity index (χ3n) is 5.00. The minimum Gasteiger partial charge on any atom is -0.333 e. The molecule has 29 heavy (non-hydrogen) atoms. The van der Waals surface area contributed by atoms with Gasteiger partial charge in [-0.3, -0.25) is 9.52 Å². The van der Waals surface area contributed by atoms with E-state index >= 15 is 0 Å². The minimum atomic E-state index is -3.77. The Labute approximate surface area is 179 Å². The number of nitrogens with one attached hydrogen (secondary N) is 1. The first kappa shape index (κ1) is 19.9. The number of anilines is 1. The lowest BCUT2D eigenvalue weighted by molar-refractivity contribution is 0.0739. The second-order valence-corrected chi connectivity index (χ2v) is 9.91. The van der Waals surface area contributed by atoms with Crippen molar-refractivity contribution in [3.05, 3.63) is 80.5 Å². The molecule has 0 bridgehead atoms. The van der Waals surface area contributed by atoms with Crippen molar-refractivity contribution in [2.45, 2.75) is 24.8 Å². The van der Waals surface area contributed by atoms with E-state index in [1.807, 2.05) is 23.6 Å². The quantitative estimate of drug-likeness (QED) is 0.631. The molecule has 1 amide bonds. The normalized spacial score (nSPS) is 13.8. The van der Waals surface area contributed by atoms with Crippen molar-refractivity contribution in [2.75, 3.05) is 11.3 Å². The Morgan fingerprint density at radius 1 is 1.14 bits per heavy atom. The monoisotopic (exact) mass is 446 g/mol. The van der Waals surface area contributed by atoms with Gasteiger partial charge in [-0.2, -0.15) is 0 Å². The van der Waals surface area contributed by atoms with Crippen LogP contribution in [0.4, 0.5) is 5.69 Å². The Balaban J connectivity index is 1.58. The molecule has 0 spiro atoms. The SMILES string of the molecule is Cc1c(Cl)cccc1S(=O)(=O)Nc1ccc2c(c1)CN(C(=O)c1cccs1)CC2. The van der Waals surface area contributed by atoms with Crippen molar-refractivity contribution in [1.29, 1.82) is 0 Å². The van der Waals surface area contributed by atoms with Gasteiger partial charge in [-0.1, -0.05) is 29.8 Å². The van der Waals surface area contributed by atoms with Crippen LogP contribution in [-0.4, -0.2) is 25.8 Å². The summed E-state index contributed by atoms with van der Waals surface area (Å²) in [6.45, 7) is 2.78. The molecule has 8 heteroatoms. The van der Waals surface area contributed by atoms with Crippen LogP contribution in [0.15, 0.2) is 58.8 Å². The van der Waals surface area contributed by atoms with Gasteiger partial charge in [0.25, 0.3) is 15.9 Å². The molecule has 3 aromatic rings. The third kappa shape index (κ3) is 4.03. The summed E-state index contributed by atoms with van der Waals surface area (Å²) in [5, 5.41) is 2.29. The summed E-state index contributed by atoms with van der Waals surface area (Å²) in [7, 11) is -3.77. The van der Waals surface area contributed by atoms with E-state index in [2.05, 4.69) is 4.72 Å². The first-order valence-electron chi connectivity index (χ1n) is 9.08. The van der Waals surface area contributed by atoms with Gasteiger partial charge in [0.2, 0.25) is 0 Å². The van der Waals surface area contributed by atoms with Crippen LogP contribution in [0.5, 0.6) is 0 Å². The number of fused-ring (bicyclic) bond motifs is 1. The Kier molecular flexibility index (Phi) is 5.38. The molecular weight excluding hydrogens is 428 g/mol. The van der Waals surface area contributed by atoms with E-state index < -0.39 is 10.0 Å². The maximum Gasteiger partial charge on any atom is 0.264 e. The van der Waals surface area contributed by atoms with E-state index in [0.29, 0.717) is 34.2 Å². The highest BCUT2D eigenvalue weighted by atomic mass is 35.5. The zero-order valence-corrected chi connectivity index (χ0v) is 18.1. The molecule has 150 valence electrons. The molecule has 0 saturated carbocycles. The lowest BCUT2D eigenvalue weighted by Crippen LogP contribution is -2.35. The zero-order chi connectivity index (χ0) is 20.6. The fourth-order valence-corrected chi connectivity index (χ4v) is 5.68. The average molecular weight is 447 g/mol. The molecule has 2 heterocycles. The minimum absolute atomic E-state index is 0.00573. The number of amides is 1. The number of carbonyl (C=O) groups excluding carboxylic acids is 1. The van der Waals surface area contributed by atoms with E-state index in [1.165, 1.54) is 17.4 Å². The van der Waals surface area contributed by atoms with Gasteiger partial charge in [0, 0.05) is 23.8 Å². The number of nitrogens with zero attached hydrogens (tertiary/aromatic N) is 1. The maximum atomic E-state index is 12.8. The van der Waals surface area contributed by atoms with Crippen molar-refractivity contribution < 1.29 is 13.2 Å². The fourth-order valence-electron chi connectivity index (χ4n) is 3.44. The maximum absolute atomic E-state index is 12.8. The number of halogens is 1. The van der Waals surface area contributed by atoms with E-state index in [1.54, 1.807) is 36.1 Å². The number of hydrogen-bond acceptors (Lipinski definition) is 4. The molecular formula is C21H19ClN2O3S2. The average Bonchev–Trinajstić information content (AvgIpc) is 3.23. The summed E-state index contributed by atoms with van der Waals surface area (Å²) in [6, 6.07) is 14.0. The molecule has 0 unspecified atom stereocenters. The van der Waals surface area contributed by atoms with Crippen LogP contribution in [0.3, 0.4) is 0 Å². The molecule has 1 aliphatic rings. The second-order valence-electron chi connectivity index (χ2n) is 6.91. The Bertz CT molecular complexity index is 1170. The molecule has 4 rings (SSSR count). The van der Waals surface area contributed by atoms with Crippen LogP contribution in [0.1, 0.15) is 26.4 Å². The van der Waals surface area contributed by atoms with Crippen LogP contribution < -0.4 is 4.72 Å². The van der Waals surface area contributed by atoms with Crippen LogP contribution >= 0.6 is 22.9 Å². The van der Waals surface area contributed by atoms with Gasteiger partial charge in [-0.05, 0) is 65.7 Å². The van der Waals surface area contributed by atoms with Gasteiger partial charge in [-0.15, -0.1) is 11.3 Å². The van der Waals surface area contributed by atoms with E-state index in [4.69, 9.17) is 11.6 Å². The molecule has 0 radical (unpaired) electrons. The third-order valence-corrected chi connectivity index (χ3v) is 7.79. The van der Waals surface area contributed by atoms with Gasteiger partial charge in [0.15, 0.2) is 0 Å². The summed E-state index contributed by atoms with van der Waals surface area (Å²) in [6.07, 6.45) is 0.743. The van der Waals surface area contributed by atoms with Crippen LogP contribution in [0, 0.1) is 6.92 Å². The van der Waals surface area contributed by atoms with Gasteiger partial charge < -0.3 is 4.90 Å². The largest absolute Gasteiger partial charge is 0.333 e. The van der Waals surface area contributed by atoms with Crippen molar-refractivity contribution in [3.63, 3.8) is 0 Å². The summed E-state index contributed by atoms with van der Waals surface area (Å²) in [5.41, 5.74) is 3.05. The van der Waals surface area contributed by atoms with Gasteiger partial charge >= 0.3 is 0 Å². The van der Waals surface area contributed by atoms with E-state index in [0.717, 1.165) is 17.5 Å². The van der Waals surface area contributed by atoms with Crippen molar-refractivity contribution >= 4 is 44.6 Å². The highest BCUT2D eigenvalue weighted by molar-refractivity contribution is 7.92. The topological polar surface area (TPSA) is 66.5 Å². The Hall–Kier alpha value is -2.35. The van der Waals surface area contributed by atoms with Crippen molar-refractivity contribution in [3.8, 4) is 0 Å². The fraction of sp³-hybridized carbons (Fsp3) is 0.190. The van der Waals surface area contributed by atoms with Crippen LogP contribution in [-0.2, 0) is 23.0 Å². The molecule has 0 fully saturated rings. The number of benzene rings is 2. The van der Waals surface area contributed by atoms with Crippen LogP contribution in [0.25, 0.3) is 0 Å². The predicted molar refractivity (Wildman–Crippen MR) is 116 cm³/mol. The number of hydrogen-bond donors (Lipinski definition) is 1. The first-order chi connectivity index (χ1) is 13.8. The number of thiophene rings is 1. The van der Waals surface area contributed by atoms with E-state index in [9.17, 15) is 13.2 Å². The van der Waals surface area contributed by atoms with Gasteiger partial charge in [0.05, 0.1) is 9.77 Å². The van der Waals surface area contributed by atoms with E-state index in [-0.39, 0.29) is 10.8 Å². The molecule has 5 nitrogen and oxygen atoms in total. The first-order valence-corrected chi connectivity index (χ1v) is 11.8. The molecule has 0 saturated heterocycles. The summed E-state index contributed by atoms with van der Waals surface area (Å²) in [5.74, 6) is 0.00573. The zero-order valence-electron chi connectivity index (χ0n) is 15.7. The Morgan fingerprint density at radius 2 is 1.97 bits per heavy atom. The number of sulfonamides is 1. The number of rotatable bonds is 4. The number of carbonyl (C=O) groups is 1. The lowest BCUT2D eigenvalue weighted by Gasteiger charge is -2.29. The summed E-state index contributed by atoms with van der Waals surface area (Å²) in [4.78, 5) is 15.3. The standard InChI is InChI=1S/C21H19ClN2O3S2/c1-14-18(22)4-2-6-20(14)29(26,27)23-17-8-7-15-9-10-24(13-16(15)12-17)21(25)19-5-3-11-28-19/h2-8,11-12,23H,9-10,13H2,1H3. The van der Waals surface area contributed by atoms with Gasteiger partial charge in [-0.25, -0.2) is 8.42 Å². The van der Waals surface area contributed by atoms with Crippen molar-refractivity contribution in [2.24, 2.45) is 0 Å². The molecule has 0 atom stereocenters. The van der Waals surface area contributed by atoms with Crippen molar-refractivity contribution in [1.82, 2.24) is 4.90 Å². The summed E-state index contributed by atoms with van der Waals surface area (Å²) < 4.78 is 28.3. The second kappa shape index (κ2) is 7.82. The predicted octanol–water partition coefficient (Wildman–Crippen LogP) is 4.71. The molecule has 1 aromatic heterocycles. The highest BCUT2D eigenvalue weighted by Crippen LogP contribution is 2.28. The molecule has 1 aliphatic heterocycles. The van der Waals surface area contributed by atoms with Crippen LogP contribution in [0.2, 0.25) is 5.02 Å². The highest BCUT2D eigenvalue weighted by Gasteiger charge is 2.24. The Morgan fingerprint density at radius 3 is 2.72 bits per heavy atom. The lowest BCUT2D eigenvalue weighted by atomic mass is 9.99. The molecule has 0 aliphatic carbocycles. The van der Waals surface area contributed by atoms with Gasteiger partial charge in [0.1, 0.15) is 0 Å². The smallest absolute Gasteiger partial charge is 0.264 e.